The van der Waals surface area contributed by atoms with Gasteiger partial charge in [0.1, 0.15) is 0 Å². The number of nitrogens with zero attached hydrogens (tertiary/aromatic N) is 2. The molecule has 16 heavy (non-hydrogen) atoms. The van der Waals surface area contributed by atoms with Crippen molar-refractivity contribution >= 4 is 16.5 Å². The topological polar surface area (TPSA) is 58.0 Å². The summed E-state index contributed by atoms with van der Waals surface area (Å²) in [4.78, 5) is 0. The summed E-state index contributed by atoms with van der Waals surface area (Å²) in [6.45, 7) is 3.50. The van der Waals surface area contributed by atoms with Crippen LogP contribution >= 0.6 is 11.3 Å². The van der Waals surface area contributed by atoms with Crippen molar-refractivity contribution in [3.8, 4) is 0 Å². The second-order valence-corrected chi connectivity index (χ2v) is 4.59. The molecular weight excluding hydrogens is 243 g/mol. The highest BCUT2D eigenvalue weighted by atomic mass is 32.1. The van der Waals surface area contributed by atoms with Crippen LogP contribution in [-0.4, -0.2) is 27.4 Å². The number of anilines is 1. The maximum absolute atomic E-state index is 12.2. The minimum atomic E-state index is -4.47. The molecule has 0 radical (unpaired) electrons. The largest absolute Gasteiger partial charge is 0.445 e. The molecular formula is C8H12F3N3OS. The van der Waals surface area contributed by atoms with E-state index in [4.69, 9.17) is 0 Å². The summed E-state index contributed by atoms with van der Waals surface area (Å²) in [5.74, 6) is 0. The first kappa shape index (κ1) is 13.2. The molecule has 0 saturated heterocycles. The third-order valence-electron chi connectivity index (χ3n) is 2.05. The smallest absolute Gasteiger partial charge is 0.388 e. The van der Waals surface area contributed by atoms with E-state index in [-0.39, 0.29) is 11.7 Å². The van der Waals surface area contributed by atoms with Crippen LogP contribution in [0.15, 0.2) is 0 Å². The molecule has 1 unspecified atom stereocenters. The molecule has 92 valence electrons. The van der Waals surface area contributed by atoms with Crippen LogP contribution < -0.4 is 5.32 Å². The van der Waals surface area contributed by atoms with Gasteiger partial charge in [-0.05, 0) is 13.3 Å². The summed E-state index contributed by atoms with van der Waals surface area (Å²) in [5.41, 5.74) is -0.968. The molecule has 1 heterocycles. The van der Waals surface area contributed by atoms with Crippen molar-refractivity contribution < 1.29 is 18.3 Å². The van der Waals surface area contributed by atoms with Crippen molar-refractivity contribution in [2.45, 2.75) is 32.0 Å². The molecule has 2 N–H and O–H groups in total. The quantitative estimate of drug-likeness (QED) is 0.865. The van der Waals surface area contributed by atoms with Gasteiger partial charge in [0.15, 0.2) is 0 Å². The van der Waals surface area contributed by atoms with Gasteiger partial charge in [-0.1, -0.05) is 18.3 Å². The molecule has 8 heteroatoms. The standard InChI is InChI=1S/C8H12F3N3OS/c1-3-7(2,15)4-12-6-14-13-5(16-6)8(9,10)11/h15H,3-4H2,1-2H3,(H,12,14). The number of rotatable bonds is 4. The van der Waals surface area contributed by atoms with Crippen molar-refractivity contribution in [3.63, 3.8) is 0 Å². The zero-order chi connectivity index (χ0) is 12.4. The van der Waals surface area contributed by atoms with Gasteiger partial charge in [0.05, 0.1) is 5.60 Å². The second kappa shape index (κ2) is 4.54. The Bertz CT molecular complexity index is 351. The lowest BCUT2D eigenvalue weighted by Crippen LogP contribution is -2.32. The molecule has 1 aromatic heterocycles. The Kier molecular flexibility index (Phi) is 3.74. The van der Waals surface area contributed by atoms with Crippen molar-refractivity contribution in [2.75, 3.05) is 11.9 Å². The first-order valence-corrected chi connectivity index (χ1v) is 5.43. The Morgan fingerprint density at radius 2 is 2.00 bits per heavy atom. The number of hydrogen-bond donors (Lipinski definition) is 2. The number of aliphatic hydroxyl groups is 1. The maximum Gasteiger partial charge on any atom is 0.445 e. The van der Waals surface area contributed by atoms with Gasteiger partial charge >= 0.3 is 6.18 Å². The highest BCUT2D eigenvalue weighted by Gasteiger charge is 2.35. The third kappa shape index (κ3) is 3.60. The molecule has 1 rings (SSSR count). The second-order valence-electron chi connectivity index (χ2n) is 3.61. The predicted octanol–water partition coefficient (Wildman–Crippen LogP) is 2.13. The number of halogens is 3. The molecule has 4 nitrogen and oxygen atoms in total. The monoisotopic (exact) mass is 255 g/mol. The molecule has 0 aliphatic heterocycles. The summed E-state index contributed by atoms with van der Waals surface area (Å²) >= 11 is 0.422. The SMILES string of the molecule is CCC(C)(O)CNc1nnc(C(F)(F)F)s1. The molecule has 0 amide bonds. The molecule has 1 aromatic rings. The Hall–Kier alpha value is -0.890. The third-order valence-corrected chi connectivity index (χ3v) is 2.98. The molecule has 1 atom stereocenters. The summed E-state index contributed by atoms with van der Waals surface area (Å²) < 4.78 is 36.5. The summed E-state index contributed by atoms with van der Waals surface area (Å²) in [6, 6.07) is 0. The van der Waals surface area contributed by atoms with Gasteiger partial charge in [0.2, 0.25) is 10.1 Å². The average Bonchev–Trinajstić information content (AvgIpc) is 2.63. The van der Waals surface area contributed by atoms with Crippen LogP contribution in [0.4, 0.5) is 18.3 Å². The molecule has 0 aliphatic carbocycles. The lowest BCUT2D eigenvalue weighted by molar-refractivity contribution is -0.138. The van der Waals surface area contributed by atoms with Crippen LogP contribution in [0, 0.1) is 0 Å². The van der Waals surface area contributed by atoms with Crippen molar-refractivity contribution in [1.82, 2.24) is 10.2 Å². The van der Waals surface area contributed by atoms with Gasteiger partial charge in [-0.25, -0.2) is 0 Å². The first-order valence-electron chi connectivity index (χ1n) is 4.61. The predicted molar refractivity (Wildman–Crippen MR) is 54.3 cm³/mol. The lowest BCUT2D eigenvalue weighted by atomic mass is 10.0. The van der Waals surface area contributed by atoms with E-state index in [0.717, 1.165) is 0 Å². The van der Waals surface area contributed by atoms with Gasteiger partial charge in [-0.2, -0.15) is 13.2 Å². The molecule has 0 spiro atoms. The van der Waals surface area contributed by atoms with E-state index in [1.165, 1.54) is 0 Å². The van der Waals surface area contributed by atoms with E-state index in [0.29, 0.717) is 17.8 Å². The van der Waals surface area contributed by atoms with Crippen molar-refractivity contribution in [3.05, 3.63) is 5.01 Å². The van der Waals surface area contributed by atoms with Crippen LogP contribution in [0.25, 0.3) is 0 Å². The Labute approximate surface area is 94.5 Å². The molecule has 0 bridgehead atoms. The number of aromatic nitrogens is 2. The van der Waals surface area contributed by atoms with E-state index >= 15 is 0 Å². The number of nitrogens with one attached hydrogen (secondary N) is 1. The Morgan fingerprint density at radius 3 is 2.44 bits per heavy atom. The van der Waals surface area contributed by atoms with E-state index < -0.39 is 16.8 Å². The number of alkyl halides is 3. The van der Waals surface area contributed by atoms with Gasteiger partial charge in [0, 0.05) is 6.54 Å². The van der Waals surface area contributed by atoms with Crippen LogP contribution in [-0.2, 0) is 6.18 Å². The van der Waals surface area contributed by atoms with Crippen molar-refractivity contribution in [1.29, 1.82) is 0 Å². The van der Waals surface area contributed by atoms with E-state index in [9.17, 15) is 18.3 Å². The molecule has 0 saturated carbocycles. The van der Waals surface area contributed by atoms with Crippen LogP contribution in [0.2, 0.25) is 0 Å². The first-order chi connectivity index (χ1) is 7.24. The molecule has 0 fully saturated rings. The fourth-order valence-electron chi connectivity index (χ4n) is 0.800. The number of hydrogen-bond acceptors (Lipinski definition) is 5. The van der Waals surface area contributed by atoms with Crippen LogP contribution in [0.1, 0.15) is 25.3 Å². The summed E-state index contributed by atoms with van der Waals surface area (Å²) in [7, 11) is 0. The van der Waals surface area contributed by atoms with Crippen LogP contribution in [0.3, 0.4) is 0 Å². The van der Waals surface area contributed by atoms with Crippen LogP contribution in [0.5, 0.6) is 0 Å². The average molecular weight is 255 g/mol. The fourth-order valence-corrected chi connectivity index (χ4v) is 1.41. The highest BCUT2D eigenvalue weighted by molar-refractivity contribution is 7.15. The summed E-state index contributed by atoms with van der Waals surface area (Å²) in [5, 5.41) is 17.7. The Balaban J connectivity index is 2.60. The normalized spacial score (nSPS) is 15.9. The minimum absolute atomic E-state index is 0.0565. The lowest BCUT2D eigenvalue weighted by Gasteiger charge is -2.20. The fraction of sp³-hybridized carbons (Fsp3) is 0.750. The van der Waals surface area contributed by atoms with Gasteiger partial charge in [-0.3, -0.25) is 0 Å². The maximum atomic E-state index is 12.2. The molecule has 0 aromatic carbocycles. The minimum Gasteiger partial charge on any atom is -0.388 e. The zero-order valence-electron chi connectivity index (χ0n) is 8.80. The van der Waals surface area contributed by atoms with E-state index in [1.54, 1.807) is 13.8 Å². The Morgan fingerprint density at radius 1 is 1.38 bits per heavy atom. The van der Waals surface area contributed by atoms with E-state index in [2.05, 4.69) is 15.5 Å². The van der Waals surface area contributed by atoms with E-state index in [1.807, 2.05) is 0 Å². The molecule has 0 aliphatic rings. The van der Waals surface area contributed by atoms with Gasteiger partial charge < -0.3 is 10.4 Å². The zero-order valence-corrected chi connectivity index (χ0v) is 9.61. The van der Waals surface area contributed by atoms with Crippen molar-refractivity contribution in [2.24, 2.45) is 0 Å². The van der Waals surface area contributed by atoms with Gasteiger partial charge in [0.25, 0.3) is 0 Å². The highest BCUT2D eigenvalue weighted by Crippen LogP contribution is 2.33. The summed E-state index contributed by atoms with van der Waals surface area (Å²) in [6.07, 6.45) is -3.98. The van der Waals surface area contributed by atoms with Gasteiger partial charge in [-0.15, -0.1) is 10.2 Å².